The molecule has 0 aromatic carbocycles. The Bertz CT molecular complexity index is 266. The molecule has 2 rings (SSSR count). The van der Waals surface area contributed by atoms with Crippen molar-refractivity contribution in [3.8, 4) is 0 Å². The van der Waals surface area contributed by atoms with Crippen LogP contribution >= 0.6 is 0 Å². The van der Waals surface area contributed by atoms with E-state index in [-0.39, 0.29) is 12.1 Å². The average Bonchev–Trinajstić information content (AvgIpc) is 2.34. The molecule has 17 heavy (non-hydrogen) atoms. The van der Waals surface area contributed by atoms with E-state index in [4.69, 9.17) is 4.74 Å². The van der Waals surface area contributed by atoms with Gasteiger partial charge in [0.05, 0.1) is 13.2 Å². The van der Waals surface area contributed by atoms with Gasteiger partial charge in [-0.2, -0.15) is 0 Å². The molecule has 0 aliphatic carbocycles. The number of rotatable bonds is 1. The third-order valence-corrected chi connectivity index (χ3v) is 3.67. The molecule has 3 atom stereocenters. The molecule has 2 heterocycles. The second kappa shape index (κ2) is 5.69. The summed E-state index contributed by atoms with van der Waals surface area (Å²) in [5.41, 5.74) is 0. The highest BCUT2D eigenvalue weighted by Gasteiger charge is 2.27. The summed E-state index contributed by atoms with van der Waals surface area (Å²) in [7, 11) is 0. The Hall–Kier alpha value is -0.810. The Morgan fingerprint density at radius 1 is 1.29 bits per heavy atom. The molecule has 2 saturated heterocycles. The molecule has 2 fully saturated rings. The molecule has 0 spiro atoms. The molecule has 0 aromatic rings. The number of hydrogen-bond acceptors (Lipinski definition) is 3. The van der Waals surface area contributed by atoms with Crippen LogP contribution in [0.2, 0.25) is 0 Å². The Balaban J connectivity index is 1.81. The van der Waals surface area contributed by atoms with E-state index in [2.05, 4.69) is 24.5 Å². The quantitative estimate of drug-likeness (QED) is 0.705. The molecule has 5 heteroatoms. The van der Waals surface area contributed by atoms with Gasteiger partial charge in [-0.15, -0.1) is 0 Å². The zero-order valence-corrected chi connectivity index (χ0v) is 10.7. The van der Waals surface area contributed by atoms with Crippen LogP contribution in [0.5, 0.6) is 0 Å². The van der Waals surface area contributed by atoms with Gasteiger partial charge in [0.1, 0.15) is 0 Å². The first-order valence-corrected chi connectivity index (χ1v) is 6.56. The van der Waals surface area contributed by atoms with Gasteiger partial charge in [0.2, 0.25) is 0 Å². The van der Waals surface area contributed by atoms with Crippen LogP contribution in [0.1, 0.15) is 26.7 Å². The number of hydrogen-bond donors (Lipinski definition) is 2. The van der Waals surface area contributed by atoms with Gasteiger partial charge in [-0.05, 0) is 26.7 Å². The van der Waals surface area contributed by atoms with Crippen LogP contribution in [-0.2, 0) is 4.74 Å². The number of carbonyl (C=O) groups is 1. The van der Waals surface area contributed by atoms with Gasteiger partial charge in [0, 0.05) is 31.2 Å². The highest BCUT2D eigenvalue weighted by atomic mass is 16.5. The highest BCUT2D eigenvalue weighted by molar-refractivity contribution is 5.74. The average molecular weight is 241 g/mol. The molecule has 2 N–H and O–H groups in total. The lowest BCUT2D eigenvalue weighted by atomic mass is 9.95. The summed E-state index contributed by atoms with van der Waals surface area (Å²) in [6, 6.07) is 1.22. The van der Waals surface area contributed by atoms with Crippen LogP contribution in [0.3, 0.4) is 0 Å². The van der Waals surface area contributed by atoms with Gasteiger partial charge in [-0.1, -0.05) is 0 Å². The van der Waals surface area contributed by atoms with Crippen LogP contribution in [-0.4, -0.2) is 55.4 Å². The maximum absolute atomic E-state index is 12.0. The number of amides is 2. The minimum Gasteiger partial charge on any atom is -0.378 e. The summed E-state index contributed by atoms with van der Waals surface area (Å²) in [5, 5.41) is 6.61. The van der Waals surface area contributed by atoms with E-state index in [0.29, 0.717) is 38.4 Å². The lowest BCUT2D eigenvalue weighted by Crippen LogP contribution is -2.58. The predicted octanol–water partition coefficient (Wildman–Crippen LogP) is 0.557. The fourth-order valence-corrected chi connectivity index (χ4v) is 2.54. The number of urea groups is 1. The predicted molar refractivity (Wildman–Crippen MR) is 66.0 cm³/mol. The van der Waals surface area contributed by atoms with E-state index in [1.165, 1.54) is 0 Å². The van der Waals surface area contributed by atoms with E-state index < -0.39 is 0 Å². The third kappa shape index (κ3) is 3.33. The van der Waals surface area contributed by atoms with Gasteiger partial charge < -0.3 is 20.3 Å². The van der Waals surface area contributed by atoms with Gasteiger partial charge in [0.15, 0.2) is 0 Å². The molecule has 0 bridgehead atoms. The summed E-state index contributed by atoms with van der Waals surface area (Å²) >= 11 is 0. The summed E-state index contributed by atoms with van der Waals surface area (Å²) in [4.78, 5) is 13.9. The zero-order chi connectivity index (χ0) is 12.3. The van der Waals surface area contributed by atoms with Gasteiger partial charge in [-0.3, -0.25) is 0 Å². The fourth-order valence-electron chi connectivity index (χ4n) is 2.54. The van der Waals surface area contributed by atoms with Crippen LogP contribution < -0.4 is 10.6 Å². The first-order chi connectivity index (χ1) is 8.16. The van der Waals surface area contributed by atoms with Crippen LogP contribution in [0, 0.1) is 0 Å². The van der Waals surface area contributed by atoms with E-state index in [9.17, 15) is 4.79 Å². The maximum atomic E-state index is 12.0. The molecular weight excluding hydrogens is 218 g/mol. The SMILES string of the molecule is CC1CCC(NC(=O)N2CCOCC2)C(C)N1. The lowest BCUT2D eigenvalue weighted by molar-refractivity contribution is 0.0517. The monoisotopic (exact) mass is 241 g/mol. The molecule has 0 saturated carbocycles. The Morgan fingerprint density at radius 3 is 2.65 bits per heavy atom. The molecule has 0 aromatic heterocycles. The van der Waals surface area contributed by atoms with Crippen LogP contribution in [0.4, 0.5) is 4.79 Å². The molecule has 5 nitrogen and oxygen atoms in total. The standard InChI is InChI=1S/C12H23N3O2/c1-9-3-4-11(10(2)13-9)14-12(16)15-5-7-17-8-6-15/h9-11,13H,3-8H2,1-2H3,(H,14,16). The minimum absolute atomic E-state index is 0.0569. The second-order valence-corrected chi connectivity index (χ2v) is 5.09. The van der Waals surface area contributed by atoms with Crippen molar-refractivity contribution in [2.24, 2.45) is 0 Å². The number of nitrogens with one attached hydrogen (secondary N) is 2. The summed E-state index contributed by atoms with van der Waals surface area (Å²) < 4.78 is 5.24. The van der Waals surface area contributed by atoms with Gasteiger partial charge in [0.25, 0.3) is 0 Å². The first kappa shape index (κ1) is 12.6. The molecule has 2 amide bonds. The van der Waals surface area contributed by atoms with Crippen molar-refractivity contribution in [3.05, 3.63) is 0 Å². The second-order valence-electron chi connectivity index (χ2n) is 5.09. The third-order valence-electron chi connectivity index (χ3n) is 3.67. The van der Waals surface area contributed by atoms with Crippen molar-refractivity contribution in [1.29, 1.82) is 0 Å². The summed E-state index contributed by atoms with van der Waals surface area (Å²) in [5.74, 6) is 0. The topological polar surface area (TPSA) is 53.6 Å². The van der Waals surface area contributed by atoms with Gasteiger partial charge >= 0.3 is 6.03 Å². The smallest absolute Gasteiger partial charge is 0.317 e. The molecule has 3 unspecified atom stereocenters. The number of nitrogens with zero attached hydrogens (tertiary/aromatic N) is 1. The van der Waals surface area contributed by atoms with Crippen molar-refractivity contribution in [2.45, 2.75) is 44.8 Å². The number of carbonyl (C=O) groups excluding carboxylic acids is 1. The van der Waals surface area contributed by atoms with Crippen molar-refractivity contribution in [2.75, 3.05) is 26.3 Å². The van der Waals surface area contributed by atoms with Crippen LogP contribution in [0.15, 0.2) is 0 Å². The number of piperidine rings is 1. The molecular formula is C12H23N3O2. The molecule has 0 radical (unpaired) electrons. The van der Waals surface area contributed by atoms with E-state index in [1.807, 2.05) is 4.90 Å². The summed E-state index contributed by atoms with van der Waals surface area (Å²) in [6.07, 6.45) is 2.18. The normalized spacial score (nSPS) is 34.5. The van der Waals surface area contributed by atoms with Crippen molar-refractivity contribution >= 4 is 6.03 Å². The molecule has 2 aliphatic heterocycles. The van der Waals surface area contributed by atoms with Crippen LogP contribution in [0.25, 0.3) is 0 Å². The van der Waals surface area contributed by atoms with Crippen molar-refractivity contribution in [3.63, 3.8) is 0 Å². The minimum atomic E-state index is 0.0569. The van der Waals surface area contributed by atoms with E-state index in [1.54, 1.807) is 0 Å². The number of ether oxygens (including phenoxy) is 1. The van der Waals surface area contributed by atoms with E-state index in [0.717, 1.165) is 12.8 Å². The first-order valence-electron chi connectivity index (χ1n) is 6.56. The molecule has 2 aliphatic rings. The lowest BCUT2D eigenvalue weighted by Gasteiger charge is -2.36. The fraction of sp³-hybridized carbons (Fsp3) is 0.917. The Kier molecular flexibility index (Phi) is 4.23. The van der Waals surface area contributed by atoms with Crippen molar-refractivity contribution < 1.29 is 9.53 Å². The largest absolute Gasteiger partial charge is 0.378 e. The van der Waals surface area contributed by atoms with Crippen molar-refractivity contribution in [1.82, 2.24) is 15.5 Å². The number of morpholine rings is 1. The Labute approximate surface area is 103 Å². The Morgan fingerprint density at radius 2 is 2.00 bits per heavy atom. The van der Waals surface area contributed by atoms with E-state index >= 15 is 0 Å². The highest BCUT2D eigenvalue weighted by Crippen LogP contribution is 2.13. The summed E-state index contributed by atoms with van der Waals surface area (Å²) in [6.45, 7) is 7.05. The maximum Gasteiger partial charge on any atom is 0.317 e. The molecule has 98 valence electrons. The van der Waals surface area contributed by atoms with Gasteiger partial charge in [-0.25, -0.2) is 4.79 Å². The zero-order valence-electron chi connectivity index (χ0n) is 10.7.